The molecule has 0 aliphatic rings. The molecule has 0 heterocycles. The van der Waals surface area contributed by atoms with Crippen LogP contribution in [0, 0.1) is 17.2 Å². The van der Waals surface area contributed by atoms with Gasteiger partial charge in [-0.15, -0.1) is 0 Å². The molecule has 0 spiro atoms. The van der Waals surface area contributed by atoms with E-state index in [4.69, 9.17) is 5.26 Å². The summed E-state index contributed by atoms with van der Waals surface area (Å²) < 4.78 is 0. The van der Waals surface area contributed by atoms with Crippen LogP contribution in [-0.2, 0) is 0 Å². The van der Waals surface area contributed by atoms with Crippen LogP contribution in [0.25, 0.3) is 0 Å². The van der Waals surface area contributed by atoms with Crippen LogP contribution in [0.4, 0.5) is 0 Å². The third-order valence-corrected chi connectivity index (χ3v) is 8.47. The van der Waals surface area contributed by atoms with Crippen molar-refractivity contribution in [3.63, 3.8) is 0 Å². The zero-order chi connectivity index (χ0) is 12.9. The number of benzene rings is 1. The molecule has 0 radical (unpaired) electrons. The van der Waals surface area contributed by atoms with E-state index in [0.29, 0.717) is 17.9 Å². The summed E-state index contributed by atoms with van der Waals surface area (Å²) in [6, 6.07) is 13.2. The number of nitriles is 1. The molecule has 2 atom stereocenters. The Morgan fingerprint density at radius 3 is 2.29 bits per heavy atom. The Morgan fingerprint density at radius 1 is 1.18 bits per heavy atom. The lowest BCUT2D eigenvalue weighted by Crippen LogP contribution is -2.45. The third-order valence-electron chi connectivity index (χ3n) is 3.95. The molecule has 17 heavy (non-hydrogen) atoms. The van der Waals surface area contributed by atoms with Gasteiger partial charge < -0.3 is 0 Å². The number of hydrogen-bond donors (Lipinski definition) is 0. The Morgan fingerprint density at radius 2 is 1.76 bits per heavy atom. The molecule has 0 saturated carbocycles. The van der Waals surface area contributed by atoms with Gasteiger partial charge >= 0.3 is 0 Å². The highest BCUT2D eigenvalue weighted by molar-refractivity contribution is 6.90. The molecule has 0 aromatic heterocycles. The lowest BCUT2D eigenvalue weighted by atomic mass is 10.0. The molecular weight excluding hydrogens is 222 g/mol. The van der Waals surface area contributed by atoms with Crippen LogP contribution in [0.15, 0.2) is 30.3 Å². The van der Waals surface area contributed by atoms with E-state index >= 15 is 0 Å². The molecule has 1 nitrogen and oxygen atoms in total. The lowest BCUT2D eigenvalue weighted by Gasteiger charge is -2.31. The van der Waals surface area contributed by atoms with Gasteiger partial charge in [-0.25, -0.2) is 0 Å². The van der Waals surface area contributed by atoms with Gasteiger partial charge in [0.1, 0.15) is 0 Å². The lowest BCUT2D eigenvalue weighted by molar-refractivity contribution is 0.530. The predicted molar refractivity (Wildman–Crippen MR) is 77.0 cm³/mol. The Balaban J connectivity index is 2.74. The van der Waals surface area contributed by atoms with Gasteiger partial charge in [0.15, 0.2) is 0 Å². The Labute approximate surface area is 106 Å². The molecule has 0 N–H and O–H groups in total. The average molecular weight is 245 g/mol. The van der Waals surface area contributed by atoms with Gasteiger partial charge in [0.05, 0.1) is 14.1 Å². The molecule has 0 aliphatic heterocycles. The molecular formula is C15H23NSi. The highest BCUT2D eigenvalue weighted by Crippen LogP contribution is 2.29. The molecule has 2 heteroatoms. The topological polar surface area (TPSA) is 23.8 Å². The van der Waals surface area contributed by atoms with Crippen LogP contribution >= 0.6 is 0 Å². The normalized spacial score (nSPS) is 15.0. The first-order valence-electron chi connectivity index (χ1n) is 6.41. The van der Waals surface area contributed by atoms with E-state index in [1.807, 2.05) is 0 Å². The van der Waals surface area contributed by atoms with Gasteiger partial charge in [-0.2, -0.15) is 5.26 Å². The van der Waals surface area contributed by atoms with Gasteiger partial charge in [0.2, 0.25) is 0 Å². The van der Waals surface area contributed by atoms with Crippen molar-refractivity contribution in [2.45, 2.75) is 45.3 Å². The molecule has 0 amide bonds. The van der Waals surface area contributed by atoms with Crippen LogP contribution in [0.3, 0.4) is 0 Å². The molecule has 0 fully saturated rings. The maximum absolute atomic E-state index is 8.73. The van der Waals surface area contributed by atoms with E-state index in [0.717, 1.165) is 0 Å². The average Bonchev–Trinajstić information content (AvgIpc) is 2.30. The van der Waals surface area contributed by atoms with E-state index in [1.54, 1.807) is 0 Å². The highest BCUT2D eigenvalue weighted by atomic mass is 28.3. The summed E-state index contributed by atoms with van der Waals surface area (Å²) in [7, 11) is -1.38. The van der Waals surface area contributed by atoms with E-state index in [1.165, 1.54) is 11.6 Å². The van der Waals surface area contributed by atoms with E-state index in [9.17, 15) is 0 Å². The number of nitrogens with zero attached hydrogens (tertiary/aromatic N) is 1. The summed E-state index contributed by atoms with van der Waals surface area (Å²) in [6.45, 7) is 9.42. The summed E-state index contributed by atoms with van der Waals surface area (Å²) in [6.07, 6.45) is 1.85. The van der Waals surface area contributed by atoms with Crippen molar-refractivity contribution in [1.82, 2.24) is 0 Å². The maximum atomic E-state index is 8.73. The molecule has 1 aromatic carbocycles. The molecule has 0 unspecified atom stereocenters. The SMILES string of the molecule is C[C@H](CC#N)C[C@H](C)[Si](C)(C)c1ccccc1. The zero-order valence-corrected chi connectivity index (χ0v) is 12.4. The molecule has 1 aromatic rings. The first-order valence-corrected chi connectivity index (χ1v) is 9.48. The summed E-state index contributed by atoms with van der Waals surface area (Å²) >= 11 is 0. The standard InChI is InChI=1S/C15H23NSi/c1-13(10-11-16)12-14(2)17(3,4)15-8-6-5-7-9-15/h5-9,13-14H,10,12H2,1-4H3/t13-,14+/m1/s1. The van der Waals surface area contributed by atoms with E-state index in [2.05, 4.69) is 63.3 Å². The molecule has 0 aliphatic carbocycles. The smallest absolute Gasteiger partial charge is 0.0834 e. The molecule has 92 valence electrons. The van der Waals surface area contributed by atoms with Gasteiger partial charge in [-0.05, 0) is 17.9 Å². The second-order valence-corrected chi connectivity index (χ2v) is 10.7. The van der Waals surface area contributed by atoms with E-state index in [-0.39, 0.29) is 0 Å². The van der Waals surface area contributed by atoms with Crippen molar-refractivity contribution in [2.75, 3.05) is 0 Å². The number of rotatable bonds is 5. The fourth-order valence-corrected chi connectivity index (χ4v) is 4.90. The fraction of sp³-hybridized carbons (Fsp3) is 0.533. The summed E-state index contributed by atoms with van der Waals surface area (Å²) in [5.74, 6) is 0.519. The summed E-state index contributed by atoms with van der Waals surface area (Å²) in [5, 5.41) is 10.3. The minimum atomic E-state index is -1.38. The predicted octanol–water partition coefficient (Wildman–Crippen LogP) is 3.93. The van der Waals surface area contributed by atoms with Crippen molar-refractivity contribution in [3.05, 3.63) is 30.3 Å². The number of hydrogen-bond acceptors (Lipinski definition) is 1. The fourth-order valence-electron chi connectivity index (χ4n) is 2.29. The van der Waals surface area contributed by atoms with Gasteiger partial charge in [0, 0.05) is 6.42 Å². The van der Waals surface area contributed by atoms with Crippen LogP contribution in [0.2, 0.25) is 18.6 Å². The Bertz CT molecular complexity index is 378. The Kier molecular flexibility index (Phi) is 4.96. The minimum Gasteiger partial charge on any atom is -0.198 e. The van der Waals surface area contributed by atoms with Crippen molar-refractivity contribution in [1.29, 1.82) is 5.26 Å². The van der Waals surface area contributed by atoms with Gasteiger partial charge in [0.25, 0.3) is 0 Å². The van der Waals surface area contributed by atoms with Crippen molar-refractivity contribution < 1.29 is 0 Å². The monoisotopic (exact) mass is 245 g/mol. The van der Waals surface area contributed by atoms with Crippen LogP contribution < -0.4 is 5.19 Å². The molecule has 0 bridgehead atoms. The Hall–Kier alpha value is -1.07. The third kappa shape index (κ3) is 3.71. The second kappa shape index (κ2) is 6.02. The first kappa shape index (κ1) is 14.0. The van der Waals surface area contributed by atoms with Gasteiger partial charge in [-0.1, -0.05) is 62.5 Å². The second-order valence-electron chi connectivity index (χ2n) is 5.69. The zero-order valence-electron chi connectivity index (χ0n) is 11.4. The van der Waals surface area contributed by atoms with Crippen LogP contribution in [-0.4, -0.2) is 8.07 Å². The van der Waals surface area contributed by atoms with Crippen molar-refractivity contribution in [3.8, 4) is 6.07 Å². The summed E-state index contributed by atoms with van der Waals surface area (Å²) in [5.41, 5.74) is 0.716. The first-order chi connectivity index (χ1) is 7.98. The largest absolute Gasteiger partial charge is 0.198 e. The minimum absolute atomic E-state index is 0.519. The molecule has 1 rings (SSSR count). The van der Waals surface area contributed by atoms with E-state index < -0.39 is 8.07 Å². The van der Waals surface area contributed by atoms with Crippen molar-refractivity contribution >= 4 is 13.3 Å². The quantitative estimate of drug-likeness (QED) is 0.721. The maximum Gasteiger partial charge on any atom is 0.0834 e. The van der Waals surface area contributed by atoms with Crippen LogP contribution in [0.5, 0.6) is 0 Å². The van der Waals surface area contributed by atoms with Gasteiger partial charge in [-0.3, -0.25) is 0 Å². The highest BCUT2D eigenvalue weighted by Gasteiger charge is 2.30. The molecule has 0 saturated heterocycles. The van der Waals surface area contributed by atoms with Crippen molar-refractivity contribution in [2.24, 2.45) is 5.92 Å². The van der Waals surface area contributed by atoms with Crippen LogP contribution in [0.1, 0.15) is 26.7 Å². The summed E-state index contributed by atoms with van der Waals surface area (Å²) in [4.78, 5) is 0.